The molecule has 8 heteroatoms. The Labute approximate surface area is 231 Å². The van der Waals surface area contributed by atoms with Gasteiger partial charge in [0.1, 0.15) is 15.7 Å². The van der Waals surface area contributed by atoms with Crippen LogP contribution >= 0.6 is 23.1 Å². The maximum Gasteiger partial charge on any atom is 0.234 e. The maximum absolute atomic E-state index is 13.1. The third-order valence-corrected chi connectivity index (χ3v) is 11.8. The quantitative estimate of drug-likeness (QED) is 0.282. The number of carbonyl (C=O) groups is 1. The second-order valence-electron chi connectivity index (χ2n) is 12.5. The molecule has 3 aromatic rings. The highest BCUT2D eigenvalue weighted by Gasteiger charge is 2.53. The highest BCUT2D eigenvalue weighted by Crippen LogP contribution is 2.60. The number of benzene rings is 1. The summed E-state index contributed by atoms with van der Waals surface area (Å²) >= 11 is 3.48. The first-order valence-electron chi connectivity index (χ1n) is 14.2. The van der Waals surface area contributed by atoms with Crippen LogP contribution in [0.4, 0.5) is 5.69 Å². The van der Waals surface area contributed by atoms with Gasteiger partial charge in [0.2, 0.25) is 12.7 Å². The van der Waals surface area contributed by atoms with Gasteiger partial charge < -0.3 is 14.8 Å². The molecule has 1 atom stereocenters. The number of amides is 1. The van der Waals surface area contributed by atoms with Gasteiger partial charge in [-0.3, -0.25) is 4.79 Å². The fourth-order valence-electron chi connectivity index (χ4n) is 8.34. The van der Waals surface area contributed by atoms with Gasteiger partial charge in [0, 0.05) is 27.4 Å². The first-order chi connectivity index (χ1) is 18.5. The van der Waals surface area contributed by atoms with Crippen LogP contribution in [0.15, 0.2) is 23.2 Å². The summed E-state index contributed by atoms with van der Waals surface area (Å²) in [7, 11) is 0. The summed E-state index contributed by atoms with van der Waals surface area (Å²) in [5, 5.41) is 5.29. The lowest BCUT2D eigenvalue weighted by Crippen LogP contribution is -2.49. The van der Waals surface area contributed by atoms with E-state index < -0.39 is 0 Å². The number of thioether (sulfide) groups is 1. The number of thiophene rings is 1. The van der Waals surface area contributed by atoms with E-state index >= 15 is 0 Å². The van der Waals surface area contributed by atoms with Crippen LogP contribution in [-0.4, -0.2) is 28.4 Å². The first kappa shape index (κ1) is 23.6. The van der Waals surface area contributed by atoms with Crippen LogP contribution in [0.25, 0.3) is 10.2 Å². The van der Waals surface area contributed by atoms with Crippen LogP contribution < -0.4 is 14.8 Å². The van der Waals surface area contributed by atoms with E-state index in [0.717, 1.165) is 63.6 Å². The molecular weight excluding hydrogens is 514 g/mol. The van der Waals surface area contributed by atoms with Gasteiger partial charge in [-0.2, -0.15) is 0 Å². The minimum Gasteiger partial charge on any atom is -0.454 e. The molecule has 1 N–H and O–H groups in total. The second-order valence-corrected chi connectivity index (χ2v) is 14.5. The maximum atomic E-state index is 13.1. The molecule has 1 amide bonds. The van der Waals surface area contributed by atoms with Crippen molar-refractivity contribution in [3.63, 3.8) is 0 Å². The fraction of sp³-hybridized carbons (Fsp3) is 0.567. The van der Waals surface area contributed by atoms with Gasteiger partial charge >= 0.3 is 0 Å². The molecule has 4 bridgehead atoms. The van der Waals surface area contributed by atoms with Crippen LogP contribution in [0.1, 0.15) is 68.1 Å². The number of rotatable bonds is 5. The van der Waals surface area contributed by atoms with Crippen molar-refractivity contribution in [1.29, 1.82) is 0 Å². The zero-order valence-electron chi connectivity index (χ0n) is 21.8. The molecule has 4 saturated carbocycles. The number of anilines is 1. The van der Waals surface area contributed by atoms with Crippen molar-refractivity contribution in [2.45, 2.75) is 75.2 Å². The zero-order chi connectivity index (χ0) is 25.4. The van der Waals surface area contributed by atoms with Crippen molar-refractivity contribution in [3.05, 3.63) is 34.5 Å². The van der Waals surface area contributed by atoms with Gasteiger partial charge in [-0.15, -0.1) is 11.3 Å². The van der Waals surface area contributed by atoms with Crippen LogP contribution in [-0.2, 0) is 23.1 Å². The Bertz CT molecular complexity index is 1410. The predicted molar refractivity (Wildman–Crippen MR) is 150 cm³/mol. The number of fused-ring (bicyclic) bond motifs is 4. The highest BCUT2D eigenvalue weighted by molar-refractivity contribution is 8.00. The molecule has 38 heavy (non-hydrogen) atoms. The van der Waals surface area contributed by atoms with E-state index in [4.69, 9.17) is 19.4 Å². The molecule has 0 unspecified atom stereocenters. The standard InChI is InChI=1S/C30H33N3O3S2/c1-16-2-4-21-24(6-16)38-28-26(21)27(37-14-25(34)31-20-3-5-22-23(10-20)36-15-35-22)32-29(33-28)30-11-17-7-18(12-30)9-19(8-17)13-30/h3,5,10,16-19H,2,4,6-9,11-15H2,1H3,(H,31,34)/t16-,17?,18?,19?,30?/m1/s1. The summed E-state index contributed by atoms with van der Waals surface area (Å²) in [6.07, 6.45) is 11.4. The van der Waals surface area contributed by atoms with Gasteiger partial charge in [0.05, 0.1) is 5.75 Å². The number of ether oxygens (including phenoxy) is 2. The number of hydrogen-bond acceptors (Lipinski definition) is 7. The molecule has 1 aliphatic heterocycles. The lowest BCUT2D eigenvalue weighted by Gasteiger charge is -2.56. The number of carbonyl (C=O) groups excluding carboxylic acids is 1. The average molecular weight is 548 g/mol. The number of aromatic nitrogens is 2. The lowest BCUT2D eigenvalue weighted by atomic mass is 9.49. The minimum atomic E-state index is -0.0327. The van der Waals surface area contributed by atoms with Crippen molar-refractivity contribution in [2.75, 3.05) is 17.9 Å². The van der Waals surface area contributed by atoms with Crippen LogP contribution in [0.2, 0.25) is 0 Å². The Morgan fingerprint density at radius 3 is 2.66 bits per heavy atom. The third-order valence-electron chi connectivity index (χ3n) is 9.63. The highest BCUT2D eigenvalue weighted by atomic mass is 32.2. The van der Waals surface area contributed by atoms with Crippen molar-refractivity contribution >= 4 is 44.9 Å². The van der Waals surface area contributed by atoms with E-state index in [-0.39, 0.29) is 18.1 Å². The van der Waals surface area contributed by atoms with Gasteiger partial charge in [-0.05, 0) is 99.2 Å². The van der Waals surface area contributed by atoms with Gasteiger partial charge in [0.25, 0.3) is 0 Å². The molecule has 4 fully saturated rings. The number of aryl methyl sites for hydroxylation is 1. The summed E-state index contributed by atoms with van der Waals surface area (Å²) < 4.78 is 10.9. The molecule has 9 rings (SSSR count). The Kier molecular flexibility index (Phi) is 5.49. The second kappa shape index (κ2) is 8.85. The van der Waals surface area contributed by atoms with E-state index in [1.807, 2.05) is 29.5 Å². The molecule has 6 aliphatic rings. The molecule has 1 aromatic carbocycles. The molecule has 0 radical (unpaired) electrons. The number of nitrogens with one attached hydrogen (secondary N) is 1. The topological polar surface area (TPSA) is 73.3 Å². The lowest BCUT2D eigenvalue weighted by molar-refractivity contribution is -0.113. The average Bonchev–Trinajstić information content (AvgIpc) is 3.50. The Morgan fingerprint density at radius 1 is 1.11 bits per heavy atom. The van der Waals surface area contributed by atoms with Crippen LogP contribution in [0, 0.1) is 23.7 Å². The molecule has 198 valence electrons. The Hall–Kier alpha value is -2.32. The smallest absolute Gasteiger partial charge is 0.234 e. The van der Waals surface area contributed by atoms with Crippen LogP contribution in [0.5, 0.6) is 11.5 Å². The Morgan fingerprint density at radius 2 is 1.87 bits per heavy atom. The largest absolute Gasteiger partial charge is 0.454 e. The summed E-state index contributed by atoms with van der Waals surface area (Å²) in [5.74, 6) is 6.02. The van der Waals surface area contributed by atoms with Crippen molar-refractivity contribution in [1.82, 2.24) is 9.97 Å². The van der Waals surface area contributed by atoms with Gasteiger partial charge in [-0.1, -0.05) is 18.7 Å². The SMILES string of the molecule is C[C@@H]1CCc2c(sc3nc(C45CC6CC(CC(C6)C4)C5)nc(SCC(=O)Nc4ccc5c(c4)OCO5)c23)C1. The number of nitrogens with zero attached hydrogens (tertiary/aromatic N) is 2. The van der Waals surface area contributed by atoms with E-state index in [1.165, 1.54) is 60.8 Å². The molecule has 2 aromatic heterocycles. The normalized spacial score (nSPS) is 30.6. The predicted octanol–water partition coefficient (Wildman–Crippen LogP) is 6.74. The minimum absolute atomic E-state index is 0.0327. The van der Waals surface area contributed by atoms with E-state index in [0.29, 0.717) is 11.5 Å². The van der Waals surface area contributed by atoms with Crippen molar-refractivity contribution < 1.29 is 14.3 Å². The molecule has 5 aliphatic carbocycles. The summed E-state index contributed by atoms with van der Waals surface area (Å²) in [6, 6.07) is 5.53. The molecule has 3 heterocycles. The third kappa shape index (κ3) is 3.93. The van der Waals surface area contributed by atoms with Gasteiger partial charge in [-0.25, -0.2) is 9.97 Å². The van der Waals surface area contributed by atoms with E-state index in [1.54, 1.807) is 11.8 Å². The molecule has 6 nitrogen and oxygen atoms in total. The fourth-order valence-corrected chi connectivity index (χ4v) is 10.6. The molecule has 0 spiro atoms. The molecular formula is C30H33N3O3S2. The first-order valence-corrected chi connectivity index (χ1v) is 16.0. The zero-order valence-corrected chi connectivity index (χ0v) is 23.4. The van der Waals surface area contributed by atoms with Gasteiger partial charge in [0.15, 0.2) is 11.5 Å². The van der Waals surface area contributed by atoms with E-state index in [9.17, 15) is 4.79 Å². The monoisotopic (exact) mass is 547 g/mol. The summed E-state index contributed by atoms with van der Waals surface area (Å²) in [6.45, 7) is 2.58. The van der Waals surface area contributed by atoms with Crippen molar-refractivity contribution in [2.24, 2.45) is 23.7 Å². The van der Waals surface area contributed by atoms with Crippen molar-refractivity contribution in [3.8, 4) is 11.5 Å². The number of hydrogen-bond donors (Lipinski definition) is 1. The van der Waals surface area contributed by atoms with E-state index in [2.05, 4.69) is 12.2 Å². The van der Waals surface area contributed by atoms with Crippen LogP contribution in [0.3, 0.4) is 0 Å². The molecule has 0 saturated heterocycles. The summed E-state index contributed by atoms with van der Waals surface area (Å²) in [4.78, 5) is 26.4. The summed E-state index contributed by atoms with van der Waals surface area (Å²) in [5.41, 5.74) is 2.31. The Balaban J connectivity index is 1.12.